The Balaban J connectivity index is 1.92. The number of rotatable bonds is 1. The number of amides is 1. The Labute approximate surface area is 191 Å². The van der Waals surface area contributed by atoms with E-state index in [1.807, 2.05) is 19.9 Å². The molecule has 0 saturated carbocycles. The molecule has 0 aromatic heterocycles. The summed E-state index contributed by atoms with van der Waals surface area (Å²) >= 11 is 6.52. The highest BCUT2D eigenvalue weighted by Gasteiger charge is 2.61. The van der Waals surface area contributed by atoms with Gasteiger partial charge in [-0.05, 0) is 30.0 Å². The molecule has 7 heteroatoms. The maximum Gasteiger partial charge on any atom is 0.245 e. The number of hydrogen-bond donors (Lipinski definition) is 2. The first kappa shape index (κ1) is 20.3. The van der Waals surface area contributed by atoms with Gasteiger partial charge in [0.05, 0.1) is 16.3 Å². The number of ketones is 1. The Kier molecular flexibility index (Phi) is 4.27. The molecule has 0 radical (unpaired) electrons. The number of nitriles is 1. The number of nitrogens with one attached hydrogen (secondary N) is 1. The minimum absolute atomic E-state index is 0.0340. The lowest BCUT2D eigenvalue weighted by molar-refractivity contribution is -0.123. The van der Waals surface area contributed by atoms with Crippen LogP contribution in [0.3, 0.4) is 0 Å². The van der Waals surface area contributed by atoms with Crippen molar-refractivity contribution in [3.63, 3.8) is 0 Å². The Morgan fingerprint density at radius 3 is 2.50 bits per heavy atom. The summed E-state index contributed by atoms with van der Waals surface area (Å²) in [6, 6.07) is 16.5. The molecule has 3 aliphatic rings. The fourth-order valence-corrected chi connectivity index (χ4v) is 5.50. The van der Waals surface area contributed by atoms with E-state index in [2.05, 4.69) is 11.4 Å². The summed E-state index contributed by atoms with van der Waals surface area (Å²) in [5.41, 5.74) is 7.40. The van der Waals surface area contributed by atoms with Gasteiger partial charge in [0.15, 0.2) is 5.78 Å². The van der Waals surface area contributed by atoms with Crippen molar-refractivity contribution in [3.8, 4) is 6.07 Å². The van der Waals surface area contributed by atoms with Crippen LogP contribution in [-0.4, -0.2) is 11.7 Å². The number of carbonyl (C=O) groups excluding carboxylic acids is 2. The van der Waals surface area contributed by atoms with Gasteiger partial charge in [0.2, 0.25) is 5.91 Å². The summed E-state index contributed by atoms with van der Waals surface area (Å²) < 4.78 is 0. The molecule has 0 fully saturated rings. The van der Waals surface area contributed by atoms with Crippen LogP contribution in [0.15, 0.2) is 71.2 Å². The molecular formula is C25H21ClN4O2. The number of Topliss-reactive ketones (excluding diaryl/α,β-unsaturated/α-hetero) is 1. The Hall–Kier alpha value is -3.56. The standard InChI is InChI=1S/C25H21ClN4O2/c1-24(2)11-19-21(20(31)12-24)25(14-7-3-5-9-17(14)29-23(25)32)15(13-27)22(28)30(19)18-10-6-4-8-16(18)26/h3-10H,11-12,28H2,1-2H3,(H,29,32)/t25-/m1/s1. The van der Waals surface area contributed by atoms with Crippen LogP contribution in [0.25, 0.3) is 0 Å². The molecule has 6 nitrogen and oxygen atoms in total. The van der Waals surface area contributed by atoms with Gasteiger partial charge >= 0.3 is 0 Å². The minimum Gasteiger partial charge on any atom is -0.384 e. The molecule has 1 spiro atoms. The van der Waals surface area contributed by atoms with Gasteiger partial charge in [-0.3, -0.25) is 14.5 Å². The second-order valence-corrected chi connectivity index (χ2v) is 9.58. The number of nitrogens with two attached hydrogens (primary N) is 1. The summed E-state index contributed by atoms with van der Waals surface area (Å²) in [6.45, 7) is 4.02. The smallest absolute Gasteiger partial charge is 0.245 e. The lowest BCUT2D eigenvalue weighted by atomic mass is 9.61. The quantitative estimate of drug-likeness (QED) is 0.679. The highest BCUT2D eigenvalue weighted by atomic mass is 35.5. The van der Waals surface area contributed by atoms with E-state index in [0.717, 1.165) is 0 Å². The summed E-state index contributed by atoms with van der Waals surface area (Å²) in [5.74, 6) is -0.491. The molecule has 2 aromatic rings. The molecule has 1 aliphatic carbocycles. The predicted molar refractivity (Wildman–Crippen MR) is 123 cm³/mol. The summed E-state index contributed by atoms with van der Waals surface area (Å²) in [4.78, 5) is 29.0. The maximum atomic E-state index is 13.7. The molecule has 2 heterocycles. The van der Waals surface area contributed by atoms with Crippen LogP contribution in [0.2, 0.25) is 5.02 Å². The van der Waals surface area contributed by atoms with Crippen LogP contribution >= 0.6 is 11.6 Å². The highest BCUT2D eigenvalue weighted by molar-refractivity contribution is 6.33. The van der Waals surface area contributed by atoms with E-state index in [-0.39, 0.29) is 29.0 Å². The van der Waals surface area contributed by atoms with Crippen molar-refractivity contribution >= 4 is 34.7 Å². The summed E-state index contributed by atoms with van der Waals surface area (Å²) in [5, 5.41) is 13.6. The fraction of sp³-hybridized carbons (Fsp3) is 0.240. The zero-order valence-corrected chi connectivity index (χ0v) is 18.5. The van der Waals surface area contributed by atoms with Gasteiger partial charge in [0, 0.05) is 28.9 Å². The molecule has 0 bridgehead atoms. The first-order chi connectivity index (χ1) is 15.2. The molecular weight excluding hydrogens is 424 g/mol. The first-order valence-corrected chi connectivity index (χ1v) is 10.7. The van der Waals surface area contributed by atoms with Gasteiger partial charge in [-0.25, -0.2) is 0 Å². The highest BCUT2D eigenvalue weighted by Crippen LogP contribution is 2.57. The van der Waals surface area contributed by atoms with Crippen LogP contribution < -0.4 is 16.0 Å². The van der Waals surface area contributed by atoms with Gasteiger partial charge in [-0.2, -0.15) is 5.26 Å². The Morgan fingerprint density at radius 2 is 1.78 bits per heavy atom. The number of fused-ring (bicyclic) bond motifs is 3. The van der Waals surface area contributed by atoms with Crippen molar-refractivity contribution in [1.82, 2.24) is 0 Å². The van der Waals surface area contributed by atoms with E-state index >= 15 is 0 Å². The van der Waals surface area contributed by atoms with E-state index in [1.165, 1.54) is 0 Å². The van der Waals surface area contributed by atoms with Crippen molar-refractivity contribution < 1.29 is 9.59 Å². The SMILES string of the molecule is CC1(C)CC(=O)C2=C(C1)N(c1ccccc1Cl)C(N)=C(C#N)[C@@]21C(=O)Nc2ccccc21. The number of halogens is 1. The molecule has 2 aromatic carbocycles. The number of anilines is 2. The third-order valence-corrected chi connectivity index (χ3v) is 6.81. The van der Waals surface area contributed by atoms with E-state index in [1.54, 1.807) is 47.4 Å². The molecule has 0 saturated heterocycles. The second kappa shape index (κ2) is 6.72. The molecule has 32 heavy (non-hydrogen) atoms. The van der Waals surface area contributed by atoms with Gasteiger partial charge in [0.25, 0.3) is 0 Å². The van der Waals surface area contributed by atoms with Crippen LogP contribution in [0.1, 0.15) is 32.3 Å². The number of allylic oxidation sites excluding steroid dienone is 1. The number of hydrogen-bond acceptors (Lipinski definition) is 5. The lowest BCUT2D eigenvalue weighted by Crippen LogP contribution is -2.52. The Bertz CT molecular complexity index is 1320. The third-order valence-electron chi connectivity index (χ3n) is 6.49. The molecule has 0 unspecified atom stereocenters. The first-order valence-electron chi connectivity index (χ1n) is 10.3. The topological polar surface area (TPSA) is 99.2 Å². The molecule has 160 valence electrons. The summed E-state index contributed by atoms with van der Waals surface area (Å²) in [7, 11) is 0. The van der Waals surface area contributed by atoms with Crippen molar-refractivity contribution in [1.29, 1.82) is 5.26 Å². The van der Waals surface area contributed by atoms with Gasteiger partial charge in [-0.1, -0.05) is 55.8 Å². The monoisotopic (exact) mass is 444 g/mol. The minimum atomic E-state index is -1.57. The number of para-hydroxylation sites is 2. The lowest BCUT2D eigenvalue weighted by Gasteiger charge is -2.46. The van der Waals surface area contributed by atoms with E-state index < -0.39 is 11.3 Å². The third kappa shape index (κ3) is 2.52. The van der Waals surface area contributed by atoms with Gasteiger partial charge < -0.3 is 11.1 Å². The molecule has 1 atom stereocenters. The zero-order valence-electron chi connectivity index (χ0n) is 17.7. The molecule has 1 amide bonds. The van der Waals surface area contributed by atoms with Crippen LogP contribution in [0, 0.1) is 16.7 Å². The molecule has 5 rings (SSSR count). The predicted octanol–water partition coefficient (Wildman–Crippen LogP) is 4.39. The van der Waals surface area contributed by atoms with Crippen molar-refractivity contribution in [2.75, 3.05) is 10.2 Å². The van der Waals surface area contributed by atoms with E-state index in [4.69, 9.17) is 17.3 Å². The van der Waals surface area contributed by atoms with Crippen molar-refractivity contribution in [2.45, 2.75) is 32.1 Å². The van der Waals surface area contributed by atoms with Crippen LogP contribution in [0.4, 0.5) is 11.4 Å². The molecule has 3 N–H and O–H groups in total. The molecule has 2 aliphatic heterocycles. The number of nitrogens with zero attached hydrogens (tertiary/aromatic N) is 2. The van der Waals surface area contributed by atoms with Gasteiger partial charge in [0.1, 0.15) is 17.3 Å². The van der Waals surface area contributed by atoms with Gasteiger partial charge in [-0.15, -0.1) is 0 Å². The van der Waals surface area contributed by atoms with Crippen molar-refractivity contribution in [3.05, 3.63) is 81.8 Å². The Morgan fingerprint density at radius 1 is 1.09 bits per heavy atom. The second-order valence-electron chi connectivity index (χ2n) is 9.17. The zero-order chi connectivity index (χ0) is 22.8. The largest absolute Gasteiger partial charge is 0.384 e. The number of carbonyl (C=O) groups is 2. The summed E-state index contributed by atoms with van der Waals surface area (Å²) in [6.07, 6.45) is 0.758. The van der Waals surface area contributed by atoms with Crippen molar-refractivity contribution in [2.24, 2.45) is 11.1 Å². The van der Waals surface area contributed by atoms with Crippen LogP contribution in [0.5, 0.6) is 0 Å². The van der Waals surface area contributed by atoms with Crippen LogP contribution in [-0.2, 0) is 15.0 Å². The maximum absolute atomic E-state index is 13.7. The fourth-order valence-electron chi connectivity index (χ4n) is 5.28. The normalized spacial score (nSPS) is 23.8. The number of benzene rings is 2. The van der Waals surface area contributed by atoms with E-state index in [0.29, 0.717) is 39.7 Å². The van der Waals surface area contributed by atoms with E-state index in [9.17, 15) is 14.9 Å². The average Bonchev–Trinajstić information content (AvgIpc) is 3.01. The average molecular weight is 445 g/mol.